The molecule has 0 saturated carbocycles. The van der Waals surface area contributed by atoms with Gasteiger partial charge >= 0.3 is 0 Å². The lowest BCUT2D eigenvalue weighted by molar-refractivity contribution is -0.121. The topological polar surface area (TPSA) is 48.1 Å². The molecule has 1 aromatic rings. The molecule has 2 rings (SSSR count). The van der Waals surface area contributed by atoms with Crippen LogP contribution in [0.3, 0.4) is 0 Å². The Hall–Kier alpha value is -0.720. The molecule has 112 valence electrons. The lowest BCUT2D eigenvalue weighted by atomic mass is 9.80. The number of amides is 1. The number of carbonyl (C=O) groups is 1. The van der Waals surface area contributed by atoms with Gasteiger partial charge in [-0.2, -0.15) is 0 Å². The fourth-order valence-electron chi connectivity index (χ4n) is 2.46. The standard InChI is InChI=1S/C14H23N3OS2/c1-10-11(20-13(19)16-10)8-12(18)15-9-14(2)4-6-17(3)7-5-14/h4-9H2,1-3H3,(H,15,18)(H,16,19). The van der Waals surface area contributed by atoms with Gasteiger partial charge in [0, 0.05) is 17.1 Å². The molecule has 0 radical (unpaired) electrons. The number of nitrogens with zero attached hydrogens (tertiary/aromatic N) is 1. The van der Waals surface area contributed by atoms with Crippen LogP contribution in [-0.2, 0) is 11.2 Å². The molecule has 1 fully saturated rings. The van der Waals surface area contributed by atoms with Crippen molar-refractivity contribution in [2.24, 2.45) is 5.41 Å². The molecule has 0 aromatic carbocycles. The smallest absolute Gasteiger partial charge is 0.225 e. The van der Waals surface area contributed by atoms with E-state index in [1.165, 1.54) is 11.3 Å². The van der Waals surface area contributed by atoms with Crippen molar-refractivity contribution in [3.63, 3.8) is 0 Å². The summed E-state index contributed by atoms with van der Waals surface area (Å²) in [6, 6.07) is 0. The largest absolute Gasteiger partial charge is 0.355 e. The number of H-pyrrole nitrogens is 1. The first-order chi connectivity index (χ1) is 9.38. The number of piperidine rings is 1. The first kappa shape index (κ1) is 15.7. The van der Waals surface area contributed by atoms with Crippen LogP contribution in [0.1, 0.15) is 30.3 Å². The molecule has 1 aromatic heterocycles. The maximum Gasteiger partial charge on any atom is 0.225 e. The Balaban J connectivity index is 1.83. The van der Waals surface area contributed by atoms with Gasteiger partial charge in [0.05, 0.1) is 6.42 Å². The molecular weight excluding hydrogens is 290 g/mol. The number of likely N-dealkylation sites (tertiary alicyclic amines) is 1. The predicted octanol–water partition coefficient (Wildman–Crippen LogP) is 2.50. The van der Waals surface area contributed by atoms with Gasteiger partial charge in [0.15, 0.2) is 3.95 Å². The molecule has 0 unspecified atom stereocenters. The summed E-state index contributed by atoms with van der Waals surface area (Å²) in [5.41, 5.74) is 1.25. The SMILES string of the molecule is Cc1[nH]c(=S)sc1CC(=O)NCC1(C)CCN(C)CC1. The van der Waals surface area contributed by atoms with Crippen LogP contribution in [-0.4, -0.2) is 42.5 Å². The van der Waals surface area contributed by atoms with Crippen LogP contribution in [0.5, 0.6) is 0 Å². The van der Waals surface area contributed by atoms with E-state index in [4.69, 9.17) is 12.2 Å². The quantitative estimate of drug-likeness (QED) is 0.840. The molecular formula is C14H23N3OS2. The van der Waals surface area contributed by atoms with E-state index in [0.717, 1.165) is 47.0 Å². The zero-order valence-corrected chi connectivity index (χ0v) is 14.0. The number of thiazole rings is 1. The molecule has 0 aliphatic carbocycles. The number of aromatic nitrogens is 1. The summed E-state index contributed by atoms with van der Waals surface area (Å²) in [5.74, 6) is 0.0958. The number of hydrogen-bond acceptors (Lipinski definition) is 4. The second kappa shape index (κ2) is 6.37. The van der Waals surface area contributed by atoms with Gasteiger partial charge in [-0.15, -0.1) is 11.3 Å². The minimum atomic E-state index is 0.0958. The summed E-state index contributed by atoms with van der Waals surface area (Å²) < 4.78 is 0.743. The van der Waals surface area contributed by atoms with Gasteiger partial charge in [0.25, 0.3) is 0 Å². The zero-order valence-electron chi connectivity index (χ0n) is 12.4. The normalized spacial score (nSPS) is 18.9. The summed E-state index contributed by atoms with van der Waals surface area (Å²) >= 11 is 6.59. The van der Waals surface area contributed by atoms with Crippen molar-refractivity contribution in [1.29, 1.82) is 0 Å². The Morgan fingerprint density at radius 3 is 2.70 bits per heavy atom. The number of aryl methyl sites for hydroxylation is 1. The van der Waals surface area contributed by atoms with Crippen molar-refractivity contribution in [3.05, 3.63) is 14.5 Å². The van der Waals surface area contributed by atoms with E-state index in [-0.39, 0.29) is 11.3 Å². The molecule has 0 atom stereocenters. The highest BCUT2D eigenvalue weighted by Crippen LogP contribution is 2.29. The molecule has 20 heavy (non-hydrogen) atoms. The maximum absolute atomic E-state index is 12.1. The number of hydrogen-bond donors (Lipinski definition) is 2. The summed E-state index contributed by atoms with van der Waals surface area (Å²) in [4.78, 5) is 18.5. The predicted molar refractivity (Wildman–Crippen MR) is 85.8 cm³/mol. The molecule has 0 spiro atoms. The van der Waals surface area contributed by atoms with Gasteiger partial charge in [-0.25, -0.2) is 0 Å². The van der Waals surface area contributed by atoms with Gasteiger partial charge in [0.1, 0.15) is 0 Å². The van der Waals surface area contributed by atoms with Crippen LogP contribution >= 0.6 is 23.6 Å². The summed E-state index contributed by atoms with van der Waals surface area (Å²) in [6.07, 6.45) is 2.72. The van der Waals surface area contributed by atoms with E-state index in [1.807, 2.05) is 6.92 Å². The van der Waals surface area contributed by atoms with Crippen LogP contribution in [0.25, 0.3) is 0 Å². The molecule has 2 N–H and O–H groups in total. The van der Waals surface area contributed by atoms with Crippen LogP contribution in [0.2, 0.25) is 0 Å². The third-order valence-electron chi connectivity index (χ3n) is 4.15. The van der Waals surface area contributed by atoms with Crippen LogP contribution < -0.4 is 5.32 Å². The van der Waals surface area contributed by atoms with Crippen molar-refractivity contribution in [2.75, 3.05) is 26.7 Å². The summed E-state index contributed by atoms with van der Waals surface area (Å²) in [7, 11) is 2.15. The van der Waals surface area contributed by atoms with Crippen molar-refractivity contribution >= 4 is 29.5 Å². The monoisotopic (exact) mass is 313 g/mol. The summed E-state index contributed by atoms with van der Waals surface area (Å²) in [5, 5.41) is 3.09. The molecule has 1 aliphatic heterocycles. The van der Waals surface area contributed by atoms with E-state index < -0.39 is 0 Å². The highest BCUT2D eigenvalue weighted by Gasteiger charge is 2.29. The number of rotatable bonds is 4. The second-order valence-corrected chi connectivity index (χ2v) is 7.90. The van der Waals surface area contributed by atoms with Gasteiger partial charge < -0.3 is 15.2 Å². The van der Waals surface area contributed by atoms with Gasteiger partial charge in [-0.05, 0) is 57.5 Å². The van der Waals surface area contributed by atoms with Crippen molar-refractivity contribution in [1.82, 2.24) is 15.2 Å². The molecule has 0 bridgehead atoms. The Bertz CT molecular complexity index is 527. The maximum atomic E-state index is 12.1. The Labute approximate surface area is 129 Å². The zero-order chi connectivity index (χ0) is 14.8. The highest BCUT2D eigenvalue weighted by atomic mass is 32.1. The lowest BCUT2D eigenvalue weighted by Gasteiger charge is -2.37. The lowest BCUT2D eigenvalue weighted by Crippen LogP contribution is -2.43. The number of carbonyl (C=O) groups excluding carboxylic acids is 1. The minimum absolute atomic E-state index is 0.0958. The van der Waals surface area contributed by atoms with Gasteiger partial charge in [-0.1, -0.05) is 6.92 Å². The molecule has 6 heteroatoms. The Morgan fingerprint density at radius 2 is 2.15 bits per heavy atom. The number of aromatic amines is 1. The molecule has 1 aliphatic rings. The van der Waals surface area contributed by atoms with Gasteiger partial charge in [0.2, 0.25) is 5.91 Å². The fraction of sp³-hybridized carbons (Fsp3) is 0.714. The summed E-state index contributed by atoms with van der Waals surface area (Å²) in [6.45, 7) is 7.24. The molecule has 1 amide bonds. The highest BCUT2D eigenvalue weighted by molar-refractivity contribution is 7.73. The average Bonchev–Trinajstić information content (AvgIpc) is 2.70. The Kier molecular flexibility index (Phi) is 4.99. The van der Waals surface area contributed by atoms with E-state index in [1.54, 1.807) is 0 Å². The second-order valence-electron chi connectivity index (χ2n) is 6.13. The molecule has 1 saturated heterocycles. The van der Waals surface area contributed by atoms with Crippen LogP contribution in [0, 0.1) is 16.3 Å². The van der Waals surface area contributed by atoms with E-state index in [9.17, 15) is 4.79 Å². The van der Waals surface area contributed by atoms with Crippen LogP contribution in [0.15, 0.2) is 0 Å². The average molecular weight is 313 g/mol. The van der Waals surface area contributed by atoms with Gasteiger partial charge in [-0.3, -0.25) is 4.79 Å². The third-order valence-corrected chi connectivity index (χ3v) is 5.49. The van der Waals surface area contributed by atoms with Crippen molar-refractivity contribution in [3.8, 4) is 0 Å². The first-order valence-electron chi connectivity index (χ1n) is 7.02. The van der Waals surface area contributed by atoms with Crippen molar-refractivity contribution in [2.45, 2.75) is 33.1 Å². The molecule has 2 heterocycles. The fourth-order valence-corrected chi connectivity index (χ4v) is 3.75. The third kappa shape index (κ3) is 4.14. The van der Waals surface area contributed by atoms with Crippen LogP contribution in [0.4, 0.5) is 0 Å². The van der Waals surface area contributed by atoms with E-state index >= 15 is 0 Å². The minimum Gasteiger partial charge on any atom is -0.355 e. The van der Waals surface area contributed by atoms with Crippen molar-refractivity contribution < 1.29 is 4.79 Å². The van der Waals surface area contributed by atoms with E-state index in [2.05, 4.69) is 29.2 Å². The van der Waals surface area contributed by atoms with E-state index in [0.29, 0.717) is 6.42 Å². The number of nitrogens with one attached hydrogen (secondary N) is 2. The first-order valence-corrected chi connectivity index (χ1v) is 8.24. The Morgan fingerprint density at radius 1 is 1.50 bits per heavy atom. The molecule has 4 nitrogen and oxygen atoms in total.